The fourth-order valence-electron chi connectivity index (χ4n) is 1.76. The van der Waals surface area contributed by atoms with Crippen molar-refractivity contribution in [2.45, 2.75) is 19.4 Å². The molecule has 0 spiro atoms. The average Bonchev–Trinajstić information content (AvgIpc) is 2.38. The Hall–Kier alpha value is -2.10. The second-order valence-corrected chi connectivity index (χ2v) is 3.79. The number of hydrogen-bond donors (Lipinski definition) is 2. The minimum Gasteiger partial charge on any atom is -0.508 e. The zero-order chi connectivity index (χ0) is 12.1. The Kier molecular flexibility index (Phi) is 3.55. The van der Waals surface area contributed by atoms with Crippen molar-refractivity contribution in [3.05, 3.63) is 48.5 Å². The molecule has 1 aromatic heterocycles. The van der Waals surface area contributed by atoms with Gasteiger partial charge in [-0.3, -0.25) is 0 Å². The van der Waals surface area contributed by atoms with Crippen molar-refractivity contribution >= 4 is 5.69 Å². The molecule has 2 N–H and O–H groups in total. The average molecular weight is 229 g/mol. The molecule has 0 fully saturated rings. The highest BCUT2D eigenvalue weighted by molar-refractivity contribution is 5.44. The van der Waals surface area contributed by atoms with E-state index in [-0.39, 0.29) is 6.04 Å². The van der Waals surface area contributed by atoms with Crippen LogP contribution in [0.15, 0.2) is 43.0 Å². The number of benzene rings is 1. The first-order chi connectivity index (χ1) is 8.31. The summed E-state index contributed by atoms with van der Waals surface area (Å²) in [5, 5.41) is 13.1. The van der Waals surface area contributed by atoms with E-state index in [4.69, 9.17) is 0 Å². The monoisotopic (exact) mass is 229 g/mol. The highest BCUT2D eigenvalue weighted by atomic mass is 16.3. The van der Waals surface area contributed by atoms with Crippen molar-refractivity contribution in [2.75, 3.05) is 5.32 Å². The van der Waals surface area contributed by atoms with Gasteiger partial charge in [-0.25, -0.2) is 9.97 Å². The second kappa shape index (κ2) is 5.30. The molecule has 1 atom stereocenters. The van der Waals surface area contributed by atoms with Gasteiger partial charge < -0.3 is 10.4 Å². The van der Waals surface area contributed by atoms with E-state index in [0.717, 1.165) is 17.7 Å². The van der Waals surface area contributed by atoms with Gasteiger partial charge in [-0.2, -0.15) is 0 Å². The van der Waals surface area contributed by atoms with Crippen LogP contribution < -0.4 is 5.32 Å². The number of anilines is 1. The summed E-state index contributed by atoms with van der Waals surface area (Å²) in [5.41, 5.74) is 1.74. The van der Waals surface area contributed by atoms with E-state index >= 15 is 0 Å². The van der Waals surface area contributed by atoms with Crippen LogP contribution in [0.2, 0.25) is 0 Å². The highest BCUT2D eigenvalue weighted by Crippen LogP contribution is 2.28. The van der Waals surface area contributed by atoms with Crippen LogP contribution in [-0.2, 0) is 0 Å². The topological polar surface area (TPSA) is 58.0 Å². The molecule has 0 radical (unpaired) electrons. The number of aromatic nitrogens is 2. The van der Waals surface area contributed by atoms with Gasteiger partial charge in [-0.1, -0.05) is 25.1 Å². The van der Waals surface area contributed by atoms with E-state index in [9.17, 15) is 5.11 Å². The number of rotatable bonds is 4. The molecule has 17 heavy (non-hydrogen) atoms. The first kappa shape index (κ1) is 11.4. The number of aromatic hydroxyl groups is 1. The smallest absolute Gasteiger partial charge is 0.120 e. The van der Waals surface area contributed by atoms with Crippen molar-refractivity contribution in [1.29, 1.82) is 0 Å². The third kappa shape index (κ3) is 2.72. The number of para-hydroxylation sites is 1. The molecule has 2 rings (SSSR count). The Morgan fingerprint density at radius 3 is 2.59 bits per heavy atom. The summed E-state index contributed by atoms with van der Waals surface area (Å²) in [5.74, 6) is 0.309. The summed E-state index contributed by atoms with van der Waals surface area (Å²) in [4.78, 5) is 7.90. The molecule has 0 aliphatic heterocycles. The molecule has 0 saturated carbocycles. The second-order valence-electron chi connectivity index (χ2n) is 3.79. The van der Waals surface area contributed by atoms with Crippen LogP contribution in [0.25, 0.3) is 0 Å². The van der Waals surface area contributed by atoms with Gasteiger partial charge in [0.1, 0.15) is 12.1 Å². The Morgan fingerprint density at radius 2 is 1.94 bits per heavy atom. The normalized spacial score (nSPS) is 12.1. The zero-order valence-electron chi connectivity index (χ0n) is 9.67. The lowest BCUT2D eigenvalue weighted by molar-refractivity contribution is 0.462. The molecule has 0 saturated heterocycles. The van der Waals surface area contributed by atoms with E-state index in [2.05, 4.69) is 22.2 Å². The van der Waals surface area contributed by atoms with Gasteiger partial charge in [0.25, 0.3) is 0 Å². The van der Waals surface area contributed by atoms with E-state index < -0.39 is 0 Å². The van der Waals surface area contributed by atoms with Crippen LogP contribution in [0.3, 0.4) is 0 Å². The van der Waals surface area contributed by atoms with Crippen LogP contribution in [0.4, 0.5) is 5.69 Å². The number of nitrogens with one attached hydrogen (secondary N) is 1. The first-order valence-electron chi connectivity index (χ1n) is 5.60. The predicted octanol–water partition coefficient (Wildman–Crippen LogP) is 2.75. The minimum atomic E-state index is 0.0576. The molecule has 1 heterocycles. The van der Waals surface area contributed by atoms with Gasteiger partial charge in [0.2, 0.25) is 0 Å². The molecule has 0 bridgehead atoms. The first-order valence-corrected chi connectivity index (χ1v) is 5.60. The summed E-state index contributed by atoms with van der Waals surface area (Å²) >= 11 is 0. The maximum Gasteiger partial charge on any atom is 0.120 e. The summed E-state index contributed by atoms with van der Waals surface area (Å²) in [7, 11) is 0. The van der Waals surface area contributed by atoms with Gasteiger partial charge in [-0.05, 0) is 12.5 Å². The Labute approximate surface area is 100 Å². The van der Waals surface area contributed by atoms with E-state index in [1.807, 2.05) is 18.2 Å². The number of hydrogen-bond acceptors (Lipinski definition) is 4. The number of phenols is 1. The van der Waals surface area contributed by atoms with Crippen molar-refractivity contribution in [2.24, 2.45) is 0 Å². The summed E-state index contributed by atoms with van der Waals surface area (Å²) < 4.78 is 0. The standard InChI is InChI=1S/C13H15N3O/c1-2-12(11-5-3-4-6-13(11)17)16-10-7-14-9-15-8-10/h3-9,12,16-17H,2H2,1H3. The van der Waals surface area contributed by atoms with Gasteiger partial charge in [-0.15, -0.1) is 0 Å². The molecule has 0 amide bonds. The molecule has 4 nitrogen and oxygen atoms in total. The molecule has 0 aliphatic rings. The fourth-order valence-corrected chi connectivity index (χ4v) is 1.76. The SMILES string of the molecule is CCC(Nc1cncnc1)c1ccccc1O. The quantitative estimate of drug-likeness (QED) is 0.846. The lowest BCUT2D eigenvalue weighted by Gasteiger charge is -2.19. The van der Waals surface area contributed by atoms with Crippen LogP contribution in [0.5, 0.6) is 5.75 Å². The lowest BCUT2D eigenvalue weighted by Crippen LogP contribution is -2.10. The summed E-state index contributed by atoms with van der Waals surface area (Å²) in [6.45, 7) is 2.06. The van der Waals surface area contributed by atoms with Crippen LogP contribution >= 0.6 is 0 Å². The Morgan fingerprint density at radius 1 is 1.24 bits per heavy atom. The fraction of sp³-hybridized carbons (Fsp3) is 0.231. The third-order valence-electron chi connectivity index (χ3n) is 2.62. The number of nitrogens with zero attached hydrogens (tertiary/aromatic N) is 2. The van der Waals surface area contributed by atoms with Gasteiger partial charge in [0.05, 0.1) is 24.1 Å². The molecule has 0 aliphatic carbocycles. The molecular formula is C13H15N3O. The Bertz CT molecular complexity index is 473. The van der Waals surface area contributed by atoms with Crippen molar-refractivity contribution in [3.8, 4) is 5.75 Å². The van der Waals surface area contributed by atoms with Crippen LogP contribution in [0.1, 0.15) is 24.9 Å². The third-order valence-corrected chi connectivity index (χ3v) is 2.62. The highest BCUT2D eigenvalue weighted by Gasteiger charge is 2.12. The van der Waals surface area contributed by atoms with Crippen molar-refractivity contribution < 1.29 is 5.11 Å². The molecule has 88 valence electrons. The van der Waals surface area contributed by atoms with E-state index in [0.29, 0.717) is 5.75 Å². The summed E-state index contributed by atoms with van der Waals surface area (Å²) in [6.07, 6.45) is 5.80. The van der Waals surface area contributed by atoms with E-state index in [1.54, 1.807) is 18.5 Å². The van der Waals surface area contributed by atoms with Crippen molar-refractivity contribution in [3.63, 3.8) is 0 Å². The van der Waals surface area contributed by atoms with E-state index in [1.165, 1.54) is 6.33 Å². The maximum atomic E-state index is 9.82. The van der Waals surface area contributed by atoms with Gasteiger partial charge in [0, 0.05) is 5.56 Å². The molecule has 2 aromatic rings. The Balaban J connectivity index is 2.21. The number of phenolic OH excluding ortho intramolecular Hbond substituents is 1. The minimum absolute atomic E-state index is 0.0576. The summed E-state index contributed by atoms with van der Waals surface area (Å²) in [6, 6.07) is 7.40. The molecule has 1 aromatic carbocycles. The van der Waals surface area contributed by atoms with Crippen LogP contribution in [0, 0.1) is 0 Å². The van der Waals surface area contributed by atoms with Gasteiger partial charge >= 0.3 is 0 Å². The lowest BCUT2D eigenvalue weighted by atomic mass is 10.0. The zero-order valence-corrected chi connectivity index (χ0v) is 9.67. The molecule has 1 unspecified atom stereocenters. The molecule has 4 heteroatoms. The maximum absolute atomic E-state index is 9.82. The largest absolute Gasteiger partial charge is 0.508 e. The van der Waals surface area contributed by atoms with Crippen molar-refractivity contribution in [1.82, 2.24) is 9.97 Å². The van der Waals surface area contributed by atoms with Gasteiger partial charge in [0.15, 0.2) is 0 Å². The van der Waals surface area contributed by atoms with Crippen LogP contribution in [-0.4, -0.2) is 15.1 Å². The predicted molar refractivity (Wildman–Crippen MR) is 66.8 cm³/mol. The molecular weight excluding hydrogens is 214 g/mol.